The van der Waals surface area contributed by atoms with Gasteiger partial charge in [-0.25, -0.2) is 15.0 Å². The molecule has 8 aromatic carbocycles. The van der Waals surface area contributed by atoms with Crippen molar-refractivity contribution in [2.75, 3.05) is 0 Å². The zero-order valence-electron chi connectivity index (χ0n) is 27.5. The van der Waals surface area contributed by atoms with Gasteiger partial charge in [0.2, 0.25) is 0 Å². The third-order valence-corrected chi connectivity index (χ3v) is 9.74. The number of fused-ring (bicyclic) bond motifs is 6. The summed E-state index contributed by atoms with van der Waals surface area (Å²) in [6.07, 6.45) is 0. The zero-order chi connectivity index (χ0) is 33.7. The Hall–Kier alpha value is -6.91. The van der Waals surface area contributed by atoms with E-state index in [0.29, 0.717) is 17.5 Å². The molecule has 51 heavy (non-hydrogen) atoms. The van der Waals surface area contributed by atoms with Crippen LogP contribution in [0.15, 0.2) is 180 Å². The van der Waals surface area contributed by atoms with Gasteiger partial charge in [-0.15, -0.1) is 0 Å². The summed E-state index contributed by atoms with van der Waals surface area (Å²) in [5, 5.41) is 7.06. The molecule has 0 saturated heterocycles. The van der Waals surface area contributed by atoms with Crippen molar-refractivity contribution in [2.45, 2.75) is 0 Å². The van der Waals surface area contributed by atoms with Gasteiger partial charge in [0.05, 0.1) is 5.56 Å². The van der Waals surface area contributed by atoms with E-state index in [4.69, 9.17) is 19.4 Å². The van der Waals surface area contributed by atoms with Crippen LogP contribution in [-0.2, 0) is 0 Å². The molecule has 0 aliphatic carbocycles. The Bertz CT molecular complexity index is 2840. The van der Waals surface area contributed by atoms with Crippen LogP contribution in [0, 0.1) is 0 Å². The number of furan rings is 1. The van der Waals surface area contributed by atoms with Gasteiger partial charge in [0.15, 0.2) is 17.5 Å². The lowest BCUT2D eigenvalue weighted by Gasteiger charge is -2.14. The maximum atomic E-state index is 6.67. The van der Waals surface area contributed by atoms with Gasteiger partial charge in [-0.3, -0.25) is 0 Å². The standard InChI is InChI=1S/C47H29N3O/c1-3-13-32(14-4-1)45-48-46(33-15-5-2-6-16-33)50-47(49-45)43-36(27-28-40-39-21-11-12-22-42(39)51-44(40)43)30-23-25-31(26-24-30)41-29-34-17-7-8-18-35(34)37-19-9-10-20-38(37)41/h1-29H. The van der Waals surface area contributed by atoms with E-state index >= 15 is 0 Å². The maximum absolute atomic E-state index is 6.67. The first-order valence-corrected chi connectivity index (χ1v) is 17.1. The molecule has 10 aromatic rings. The van der Waals surface area contributed by atoms with Crippen molar-refractivity contribution in [1.82, 2.24) is 15.0 Å². The summed E-state index contributed by atoms with van der Waals surface area (Å²) in [7, 11) is 0. The van der Waals surface area contributed by atoms with Gasteiger partial charge in [-0.05, 0) is 62.0 Å². The minimum absolute atomic E-state index is 0.562. The summed E-state index contributed by atoms with van der Waals surface area (Å²) in [4.78, 5) is 15.3. The summed E-state index contributed by atoms with van der Waals surface area (Å²) in [6, 6.07) is 61.1. The first kappa shape index (κ1) is 29.0. The van der Waals surface area contributed by atoms with Crippen LogP contribution < -0.4 is 0 Å². The molecule has 0 radical (unpaired) electrons. The predicted octanol–water partition coefficient (Wildman–Crippen LogP) is 12.4. The Kier molecular flexibility index (Phi) is 6.78. The molecule has 4 heteroatoms. The molecule has 2 heterocycles. The fraction of sp³-hybridized carbons (Fsp3) is 0. The number of aromatic nitrogens is 3. The normalized spacial score (nSPS) is 11.5. The van der Waals surface area contributed by atoms with Gasteiger partial charge in [-0.2, -0.15) is 0 Å². The number of para-hydroxylation sites is 1. The minimum Gasteiger partial charge on any atom is -0.455 e. The van der Waals surface area contributed by atoms with Crippen molar-refractivity contribution in [2.24, 2.45) is 0 Å². The molecule has 0 N–H and O–H groups in total. The first-order chi connectivity index (χ1) is 25.3. The SMILES string of the molecule is c1ccc(-c2nc(-c3ccccc3)nc(-c3c(-c4ccc(-c5cc6ccccc6c6ccccc56)cc4)ccc4c3oc3ccccc34)n2)cc1. The molecule has 0 unspecified atom stereocenters. The second-order valence-corrected chi connectivity index (χ2v) is 12.8. The van der Waals surface area contributed by atoms with Gasteiger partial charge in [0, 0.05) is 21.9 Å². The third kappa shape index (κ3) is 4.96. The minimum atomic E-state index is 0.562. The quantitative estimate of drug-likeness (QED) is 0.174. The Balaban J connectivity index is 1.20. The summed E-state index contributed by atoms with van der Waals surface area (Å²) in [5.41, 5.74) is 8.65. The average molecular weight is 652 g/mol. The van der Waals surface area contributed by atoms with Crippen LogP contribution in [0.1, 0.15) is 0 Å². The largest absolute Gasteiger partial charge is 0.455 e. The maximum Gasteiger partial charge on any atom is 0.168 e. The molecule has 0 bridgehead atoms. The number of hydrogen-bond donors (Lipinski definition) is 0. The third-order valence-electron chi connectivity index (χ3n) is 9.74. The monoisotopic (exact) mass is 651 g/mol. The molecule has 0 aliphatic rings. The molecule has 2 aromatic heterocycles. The molecule has 0 amide bonds. The highest BCUT2D eigenvalue weighted by atomic mass is 16.3. The molecule has 0 saturated carbocycles. The van der Waals surface area contributed by atoms with E-state index < -0.39 is 0 Å². The fourth-order valence-corrected chi connectivity index (χ4v) is 7.29. The van der Waals surface area contributed by atoms with Gasteiger partial charge < -0.3 is 4.42 Å². The molecular formula is C47H29N3O. The lowest BCUT2D eigenvalue weighted by Crippen LogP contribution is -2.01. The Morgan fingerprint density at radius 3 is 1.55 bits per heavy atom. The Morgan fingerprint density at radius 1 is 0.333 bits per heavy atom. The van der Waals surface area contributed by atoms with Crippen LogP contribution in [-0.4, -0.2) is 15.0 Å². The van der Waals surface area contributed by atoms with E-state index in [1.807, 2.05) is 78.9 Å². The second kappa shape index (κ2) is 11.9. The lowest BCUT2D eigenvalue weighted by molar-refractivity contribution is 0.669. The van der Waals surface area contributed by atoms with Crippen molar-refractivity contribution in [1.29, 1.82) is 0 Å². The van der Waals surface area contributed by atoms with E-state index in [1.54, 1.807) is 0 Å². The Labute approximate surface area is 294 Å². The van der Waals surface area contributed by atoms with Gasteiger partial charge in [-0.1, -0.05) is 158 Å². The van der Waals surface area contributed by atoms with Crippen LogP contribution in [0.5, 0.6) is 0 Å². The Morgan fingerprint density at radius 2 is 0.863 bits per heavy atom. The van der Waals surface area contributed by atoms with Crippen molar-refractivity contribution in [3.8, 4) is 56.4 Å². The topological polar surface area (TPSA) is 51.8 Å². The van der Waals surface area contributed by atoms with Crippen LogP contribution in [0.3, 0.4) is 0 Å². The summed E-state index contributed by atoms with van der Waals surface area (Å²) >= 11 is 0. The van der Waals surface area contributed by atoms with Crippen LogP contribution in [0.4, 0.5) is 0 Å². The molecule has 0 aliphatic heterocycles. The van der Waals surface area contributed by atoms with E-state index in [9.17, 15) is 0 Å². The predicted molar refractivity (Wildman–Crippen MR) is 209 cm³/mol. The van der Waals surface area contributed by atoms with Crippen LogP contribution in [0.2, 0.25) is 0 Å². The number of benzene rings is 8. The highest BCUT2D eigenvalue weighted by Crippen LogP contribution is 2.43. The van der Waals surface area contributed by atoms with Crippen molar-refractivity contribution in [3.05, 3.63) is 176 Å². The van der Waals surface area contributed by atoms with Crippen molar-refractivity contribution in [3.63, 3.8) is 0 Å². The van der Waals surface area contributed by atoms with E-state index in [2.05, 4.69) is 97.1 Å². The van der Waals surface area contributed by atoms with Gasteiger partial charge >= 0.3 is 0 Å². The van der Waals surface area contributed by atoms with Crippen molar-refractivity contribution >= 4 is 43.5 Å². The highest BCUT2D eigenvalue weighted by Gasteiger charge is 2.22. The molecule has 238 valence electrons. The molecular weight excluding hydrogens is 623 g/mol. The number of nitrogens with zero attached hydrogens (tertiary/aromatic N) is 3. The summed E-state index contributed by atoms with van der Waals surface area (Å²) in [5.74, 6) is 1.78. The van der Waals surface area contributed by atoms with Crippen molar-refractivity contribution < 1.29 is 4.42 Å². The highest BCUT2D eigenvalue weighted by molar-refractivity contribution is 6.14. The molecule has 0 atom stereocenters. The van der Waals surface area contributed by atoms with E-state index in [0.717, 1.165) is 55.3 Å². The molecule has 10 rings (SSSR count). The van der Waals surface area contributed by atoms with Crippen LogP contribution in [0.25, 0.3) is 99.9 Å². The summed E-state index contributed by atoms with van der Waals surface area (Å²) in [6.45, 7) is 0. The van der Waals surface area contributed by atoms with Crippen LogP contribution >= 0.6 is 0 Å². The number of hydrogen-bond acceptors (Lipinski definition) is 4. The fourth-order valence-electron chi connectivity index (χ4n) is 7.29. The molecule has 0 fully saturated rings. The van der Waals surface area contributed by atoms with Gasteiger partial charge in [0.1, 0.15) is 11.2 Å². The number of rotatable bonds is 5. The molecule has 4 nitrogen and oxygen atoms in total. The molecule has 0 spiro atoms. The summed E-state index contributed by atoms with van der Waals surface area (Å²) < 4.78 is 6.67. The van der Waals surface area contributed by atoms with Gasteiger partial charge in [0.25, 0.3) is 0 Å². The van der Waals surface area contributed by atoms with E-state index in [1.165, 1.54) is 27.1 Å². The smallest absolute Gasteiger partial charge is 0.168 e. The first-order valence-electron chi connectivity index (χ1n) is 17.1. The zero-order valence-corrected chi connectivity index (χ0v) is 27.5. The second-order valence-electron chi connectivity index (χ2n) is 12.8. The van der Waals surface area contributed by atoms with E-state index in [-0.39, 0.29) is 0 Å². The lowest BCUT2D eigenvalue weighted by atomic mass is 9.91. The average Bonchev–Trinajstić information content (AvgIpc) is 3.59.